The van der Waals surface area contributed by atoms with E-state index in [1.807, 2.05) is 0 Å². The summed E-state index contributed by atoms with van der Waals surface area (Å²) in [6, 6.07) is 2.85. The van der Waals surface area contributed by atoms with Crippen molar-refractivity contribution in [1.29, 1.82) is 5.26 Å². The standard InChI is InChI=1S/C10H8F4N2/c11-8-4-6(9(16)1-2-15)3-7(5-8)10(12,13)14/h3-5,9H,1,16H2/t9-/m1/s1. The van der Waals surface area contributed by atoms with E-state index < -0.39 is 23.6 Å². The monoisotopic (exact) mass is 232 g/mol. The third-order valence-corrected chi connectivity index (χ3v) is 1.99. The number of benzene rings is 1. The minimum absolute atomic E-state index is 0.0334. The number of rotatable bonds is 2. The first-order chi connectivity index (χ1) is 7.34. The third-order valence-electron chi connectivity index (χ3n) is 1.99. The van der Waals surface area contributed by atoms with Gasteiger partial charge in [-0.05, 0) is 23.8 Å². The second-order valence-electron chi connectivity index (χ2n) is 3.24. The van der Waals surface area contributed by atoms with Crippen LogP contribution in [0.2, 0.25) is 0 Å². The summed E-state index contributed by atoms with van der Waals surface area (Å²) in [5, 5.41) is 8.35. The van der Waals surface area contributed by atoms with Gasteiger partial charge in [0.05, 0.1) is 18.1 Å². The van der Waals surface area contributed by atoms with Gasteiger partial charge < -0.3 is 5.73 Å². The first-order valence-corrected chi connectivity index (χ1v) is 4.35. The zero-order chi connectivity index (χ0) is 12.3. The van der Waals surface area contributed by atoms with Crippen LogP contribution in [0.3, 0.4) is 0 Å². The van der Waals surface area contributed by atoms with E-state index in [1.54, 1.807) is 6.07 Å². The number of halogens is 4. The largest absolute Gasteiger partial charge is 0.416 e. The Hall–Kier alpha value is -1.61. The van der Waals surface area contributed by atoms with Gasteiger partial charge in [-0.3, -0.25) is 0 Å². The van der Waals surface area contributed by atoms with E-state index in [-0.39, 0.29) is 12.0 Å². The summed E-state index contributed by atoms with van der Waals surface area (Å²) in [7, 11) is 0. The van der Waals surface area contributed by atoms with Crippen molar-refractivity contribution in [3.8, 4) is 6.07 Å². The molecule has 0 fully saturated rings. The van der Waals surface area contributed by atoms with Gasteiger partial charge in [-0.15, -0.1) is 0 Å². The van der Waals surface area contributed by atoms with E-state index >= 15 is 0 Å². The molecule has 1 aromatic rings. The second-order valence-corrected chi connectivity index (χ2v) is 3.24. The number of hydrogen-bond acceptors (Lipinski definition) is 2. The molecule has 0 saturated carbocycles. The fraction of sp³-hybridized carbons (Fsp3) is 0.300. The maximum Gasteiger partial charge on any atom is 0.416 e. The summed E-state index contributed by atoms with van der Waals surface area (Å²) in [5.41, 5.74) is 4.30. The van der Waals surface area contributed by atoms with Crippen molar-refractivity contribution in [3.05, 3.63) is 35.1 Å². The van der Waals surface area contributed by atoms with Gasteiger partial charge in [-0.2, -0.15) is 18.4 Å². The van der Waals surface area contributed by atoms with Crippen LogP contribution in [-0.4, -0.2) is 0 Å². The summed E-state index contributed by atoms with van der Waals surface area (Å²) in [5.74, 6) is -1.02. The Labute approximate surface area is 89.3 Å². The van der Waals surface area contributed by atoms with Gasteiger partial charge in [0, 0.05) is 6.04 Å². The molecule has 0 aliphatic heterocycles. The van der Waals surface area contributed by atoms with Crippen molar-refractivity contribution in [2.24, 2.45) is 5.73 Å². The van der Waals surface area contributed by atoms with Crippen molar-refractivity contribution in [2.75, 3.05) is 0 Å². The van der Waals surface area contributed by atoms with Gasteiger partial charge in [0.1, 0.15) is 5.82 Å². The van der Waals surface area contributed by atoms with E-state index in [4.69, 9.17) is 11.0 Å². The summed E-state index contributed by atoms with van der Waals surface area (Å²) >= 11 is 0. The lowest BCUT2D eigenvalue weighted by atomic mass is 10.0. The molecule has 0 heterocycles. The molecule has 16 heavy (non-hydrogen) atoms. The molecule has 86 valence electrons. The molecular weight excluding hydrogens is 224 g/mol. The van der Waals surface area contributed by atoms with Crippen LogP contribution < -0.4 is 5.73 Å². The molecular formula is C10H8F4N2. The zero-order valence-electron chi connectivity index (χ0n) is 8.05. The number of alkyl halides is 3. The number of nitriles is 1. The van der Waals surface area contributed by atoms with E-state index in [0.29, 0.717) is 6.07 Å². The van der Waals surface area contributed by atoms with Crippen LogP contribution in [0.25, 0.3) is 0 Å². The molecule has 2 N–H and O–H groups in total. The molecule has 0 unspecified atom stereocenters. The highest BCUT2D eigenvalue weighted by molar-refractivity contribution is 5.29. The van der Waals surface area contributed by atoms with Gasteiger partial charge in [-0.25, -0.2) is 4.39 Å². The molecule has 0 bridgehead atoms. The van der Waals surface area contributed by atoms with Gasteiger partial charge in [0.15, 0.2) is 0 Å². The predicted molar refractivity (Wildman–Crippen MR) is 48.6 cm³/mol. The molecule has 0 aliphatic carbocycles. The normalized spacial score (nSPS) is 13.2. The van der Waals surface area contributed by atoms with Gasteiger partial charge >= 0.3 is 6.18 Å². The molecule has 0 amide bonds. The molecule has 0 spiro atoms. The smallest absolute Gasteiger partial charge is 0.323 e. The molecule has 0 saturated heterocycles. The Morgan fingerprint density at radius 3 is 2.44 bits per heavy atom. The summed E-state index contributed by atoms with van der Waals surface area (Å²) < 4.78 is 49.9. The van der Waals surface area contributed by atoms with Gasteiger partial charge in [-0.1, -0.05) is 0 Å². The van der Waals surface area contributed by atoms with Crippen LogP contribution in [0, 0.1) is 17.1 Å². The molecule has 0 radical (unpaired) electrons. The highest BCUT2D eigenvalue weighted by atomic mass is 19.4. The topological polar surface area (TPSA) is 49.8 Å². The molecule has 1 atom stereocenters. The van der Waals surface area contributed by atoms with E-state index in [9.17, 15) is 17.6 Å². The SMILES string of the molecule is N#CC[C@@H](N)c1cc(F)cc(C(F)(F)F)c1. The first-order valence-electron chi connectivity index (χ1n) is 4.35. The Balaban J connectivity index is 3.14. The number of nitrogens with zero attached hydrogens (tertiary/aromatic N) is 1. The van der Waals surface area contributed by atoms with E-state index in [0.717, 1.165) is 12.1 Å². The lowest BCUT2D eigenvalue weighted by Gasteiger charge is -2.12. The molecule has 6 heteroatoms. The van der Waals surface area contributed by atoms with Crippen molar-refractivity contribution in [1.82, 2.24) is 0 Å². The Kier molecular flexibility index (Phi) is 3.50. The maximum atomic E-state index is 12.9. The van der Waals surface area contributed by atoms with Crippen LogP contribution in [0.4, 0.5) is 17.6 Å². The molecule has 1 aromatic carbocycles. The molecule has 1 rings (SSSR count). The van der Waals surface area contributed by atoms with Crippen LogP contribution in [0.1, 0.15) is 23.6 Å². The Morgan fingerprint density at radius 2 is 1.94 bits per heavy atom. The van der Waals surface area contributed by atoms with Crippen LogP contribution >= 0.6 is 0 Å². The van der Waals surface area contributed by atoms with E-state index in [2.05, 4.69) is 0 Å². The van der Waals surface area contributed by atoms with Crippen LogP contribution in [-0.2, 0) is 6.18 Å². The average molecular weight is 232 g/mol. The average Bonchev–Trinajstić information content (AvgIpc) is 2.16. The lowest BCUT2D eigenvalue weighted by Crippen LogP contribution is -2.12. The van der Waals surface area contributed by atoms with Crippen molar-refractivity contribution < 1.29 is 17.6 Å². The summed E-state index contributed by atoms with van der Waals surface area (Å²) in [6.07, 6.45) is -4.79. The second kappa shape index (κ2) is 4.49. The quantitative estimate of drug-likeness (QED) is 0.797. The van der Waals surface area contributed by atoms with Crippen molar-refractivity contribution in [3.63, 3.8) is 0 Å². The maximum absolute atomic E-state index is 12.9. The minimum atomic E-state index is -4.62. The lowest BCUT2D eigenvalue weighted by molar-refractivity contribution is -0.137. The van der Waals surface area contributed by atoms with Crippen molar-refractivity contribution >= 4 is 0 Å². The Bertz CT molecular complexity index is 420. The molecule has 0 aliphatic rings. The van der Waals surface area contributed by atoms with Gasteiger partial charge in [0.25, 0.3) is 0 Å². The molecule has 2 nitrogen and oxygen atoms in total. The predicted octanol–water partition coefficient (Wildman–Crippen LogP) is 2.76. The fourth-order valence-corrected chi connectivity index (χ4v) is 1.21. The first kappa shape index (κ1) is 12.5. The fourth-order valence-electron chi connectivity index (χ4n) is 1.21. The van der Waals surface area contributed by atoms with Crippen molar-refractivity contribution in [2.45, 2.75) is 18.6 Å². The summed E-state index contributed by atoms with van der Waals surface area (Å²) in [6.45, 7) is 0. The highest BCUT2D eigenvalue weighted by Crippen LogP contribution is 2.31. The van der Waals surface area contributed by atoms with Crippen LogP contribution in [0.5, 0.6) is 0 Å². The van der Waals surface area contributed by atoms with Crippen LogP contribution in [0.15, 0.2) is 18.2 Å². The molecule has 0 aromatic heterocycles. The zero-order valence-corrected chi connectivity index (χ0v) is 8.05. The summed E-state index contributed by atoms with van der Waals surface area (Å²) in [4.78, 5) is 0. The van der Waals surface area contributed by atoms with Gasteiger partial charge in [0.2, 0.25) is 0 Å². The van der Waals surface area contributed by atoms with E-state index in [1.165, 1.54) is 0 Å². The third kappa shape index (κ3) is 2.94. The highest BCUT2D eigenvalue weighted by Gasteiger charge is 2.31. The minimum Gasteiger partial charge on any atom is -0.323 e. The Morgan fingerprint density at radius 1 is 1.31 bits per heavy atom. The number of nitrogens with two attached hydrogens (primary N) is 1. The number of hydrogen-bond donors (Lipinski definition) is 1.